The van der Waals surface area contributed by atoms with Crippen LogP contribution in [0.25, 0.3) is 0 Å². The second-order valence-corrected chi connectivity index (χ2v) is 5.50. The lowest BCUT2D eigenvalue weighted by molar-refractivity contribution is -0.141. The summed E-state index contributed by atoms with van der Waals surface area (Å²) < 4.78 is 5.08. The van der Waals surface area contributed by atoms with Crippen LogP contribution in [0, 0.1) is 0 Å². The first-order valence-electron chi connectivity index (χ1n) is 5.90. The van der Waals surface area contributed by atoms with Crippen molar-refractivity contribution < 1.29 is 14.6 Å². The molecule has 0 saturated carbocycles. The molecule has 5 heteroatoms. The Balaban J connectivity index is 2.15. The normalized spacial score (nSPS) is 23.4. The van der Waals surface area contributed by atoms with Gasteiger partial charge in [0.05, 0.1) is 7.11 Å². The number of anilines is 1. The SMILES string of the molecule is COc1ccc(NC2(C(=O)O)CCCSC2)cc1. The van der Waals surface area contributed by atoms with Gasteiger partial charge in [0.15, 0.2) is 0 Å². The van der Waals surface area contributed by atoms with Crippen LogP contribution in [0.5, 0.6) is 5.75 Å². The molecule has 1 aromatic carbocycles. The molecule has 1 fully saturated rings. The Bertz CT molecular complexity index is 413. The van der Waals surface area contributed by atoms with Crippen LogP contribution in [0.3, 0.4) is 0 Å². The van der Waals surface area contributed by atoms with E-state index in [0.717, 1.165) is 23.6 Å². The van der Waals surface area contributed by atoms with Gasteiger partial charge < -0.3 is 15.2 Å². The van der Waals surface area contributed by atoms with E-state index in [2.05, 4.69) is 5.32 Å². The lowest BCUT2D eigenvalue weighted by atomic mass is 9.95. The molecular formula is C13H17NO3S. The number of carboxylic acid groups (broad SMARTS) is 1. The minimum atomic E-state index is -0.836. The average Bonchev–Trinajstić information content (AvgIpc) is 2.40. The van der Waals surface area contributed by atoms with Gasteiger partial charge in [-0.15, -0.1) is 0 Å². The third kappa shape index (κ3) is 2.72. The van der Waals surface area contributed by atoms with Crippen LogP contribution in [-0.4, -0.2) is 35.2 Å². The third-order valence-electron chi connectivity index (χ3n) is 3.12. The van der Waals surface area contributed by atoms with Gasteiger partial charge in [-0.3, -0.25) is 0 Å². The van der Waals surface area contributed by atoms with Crippen molar-refractivity contribution in [3.8, 4) is 5.75 Å². The molecule has 1 aliphatic heterocycles. The van der Waals surface area contributed by atoms with Crippen LogP contribution in [-0.2, 0) is 4.79 Å². The predicted molar refractivity (Wildman–Crippen MR) is 73.5 cm³/mol. The van der Waals surface area contributed by atoms with Gasteiger partial charge in [0.2, 0.25) is 0 Å². The monoisotopic (exact) mass is 267 g/mol. The van der Waals surface area contributed by atoms with Gasteiger partial charge in [-0.1, -0.05) is 0 Å². The number of hydrogen-bond acceptors (Lipinski definition) is 4. The van der Waals surface area contributed by atoms with E-state index >= 15 is 0 Å². The summed E-state index contributed by atoms with van der Waals surface area (Å²) in [5.74, 6) is 1.64. The maximum Gasteiger partial charge on any atom is 0.330 e. The highest BCUT2D eigenvalue weighted by Gasteiger charge is 2.40. The fourth-order valence-electron chi connectivity index (χ4n) is 2.07. The molecule has 18 heavy (non-hydrogen) atoms. The smallest absolute Gasteiger partial charge is 0.330 e. The Morgan fingerprint density at radius 1 is 1.44 bits per heavy atom. The fourth-order valence-corrected chi connectivity index (χ4v) is 3.25. The zero-order chi connectivity index (χ0) is 13.0. The van der Waals surface area contributed by atoms with Crippen molar-refractivity contribution in [3.05, 3.63) is 24.3 Å². The van der Waals surface area contributed by atoms with Crippen molar-refractivity contribution in [2.45, 2.75) is 18.4 Å². The Hall–Kier alpha value is -1.36. The van der Waals surface area contributed by atoms with Gasteiger partial charge in [0.1, 0.15) is 11.3 Å². The zero-order valence-corrected chi connectivity index (χ0v) is 11.1. The lowest BCUT2D eigenvalue weighted by Gasteiger charge is -2.34. The summed E-state index contributed by atoms with van der Waals surface area (Å²) in [6.07, 6.45) is 1.60. The number of carbonyl (C=O) groups is 1. The quantitative estimate of drug-likeness (QED) is 0.877. The van der Waals surface area contributed by atoms with Gasteiger partial charge in [-0.2, -0.15) is 11.8 Å². The predicted octanol–water partition coefficient (Wildman–Crippen LogP) is 2.46. The number of methoxy groups -OCH3 is 1. The van der Waals surface area contributed by atoms with Crippen molar-refractivity contribution in [2.75, 3.05) is 23.9 Å². The van der Waals surface area contributed by atoms with Gasteiger partial charge in [0, 0.05) is 11.4 Å². The molecular weight excluding hydrogens is 250 g/mol. The highest BCUT2D eigenvalue weighted by atomic mass is 32.2. The van der Waals surface area contributed by atoms with E-state index in [9.17, 15) is 9.90 Å². The van der Waals surface area contributed by atoms with Gasteiger partial charge in [-0.25, -0.2) is 4.79 Å². The van der Waals surface area contributed by atoms with Crippen molar-refractivity contribution in [2.24, 2.45) is 0 Å². The topological polar surface area (TPSA) is 58.6 Å². The Morgan fingerprint density at radius 3 is 2.67 bits per heavy atom. The Labute approximate surface area is 111 Å². The zero-order valence-electron chi connectivity index (χ0n) is 10.3. The first-order chi connectivity index (χ1) is 8.66. The number of thioether (sulfide) groups is 1. The molecule has 0 spiro atoms. The molecule has 1 aromatic rings. The van der Waals surface area contributed by atoms with Crippen molar-refractivity contribution in [1.82, 2.24) is 0 Å². The first-order valence-corrected chi connectivity index (χ1v) is 7.05. The van der Waals surface area contributed by atoms with E-state index < -0.39 is 11.5 Å². The second kappa shape index (κ2) is 5.52. The van der Waals surface area contributed by atoms with E-state index in [1.807, 2.05) is 24.3 Å². The summed E-state index contributed by atoms with van der Waals surface area (Å²) in [6, 6.07) is 7.35. The molecule has 1 heterocycles. The number of ether oxygens (including phenoxy) is 1. The molecule has 1 unspecified atom stereocenters. The minimum Gasteiger partial charge on any atom is -0.497 e. The minimum absolute atomic E-state index is 0.606. The van der Waals surface area contributed by atoms with E-state index in [4.69, 9.17) is 4.74 Å². The Morgan fingerprint density at radius 2 is 2.17 bits per heavy atom. The van der Waals surface area contributed by atoms with E-state index in [-0.39, 0.29) is 0 Å². The first kappa shape index (κ1) is 13.1. The fraction of sp³-hybridized carbons (Fsp3) is 0.462. The number of nitrogens with one attached hydrogen (secondary N) is 1. The molecule has 98 valence electrons. The Kier molecular flexibility index (Phi) is 4.01. The number of hydrogen-bond donors (Lipinski definition) is 2. The van der Waals surface area contributed by atoms with Crippen LogP contribution in [0.1, 0.15) is 12.8 Å². The van der Waals surface area contributed by atoms with Crippen LogP contribution in [0.4, 0.5) is 5.69 Å². The molecule has 1 saturated heterocycles. The van der Waals surface area contributed by atoms with Gasteiger partial charge >= 0.3 is 5.97 Å². The molecule has 2 N–H and O–H groups in total. The highest BCUT2D eigenvalue weighted by Crippen LogP contribution is 2.31. The molecule has 0 radical (unpaired) electrons. The molecule has 2 rings (SSSR count). The van der Waals surface area contributed by atoms with E-state index in [1.54, 1.807) is 18.9 Å². The molecule has 1 aliphatic rings. The van der Waals surface area contributed by atoms with Crippen molar-refractivity contribution in [3.63, 3.8) is 0 Å². The molecule has 0 amide bonds. The highest BCUT2D eigenvalue weighted by molar-refractivity contribution is 7.99. The molecule has 0 bridgehead atoms. The molecule has 4 nitrogen and oxygen atoms in total. The molecule has 0 aromatic heterocycles. The largest absolute Gasteiger partial charge is 0.497 e. The number of benzene rings is 1. The van der Waals surface area contributed by atoms with Crippen LogP contribution in [0.2, 0.25) is 0 Å². The van der Waals surface area contributed by atoms with Crippen LogP contribution in [0.15, 0.2) is 24.3 Å². The number of carboxylic acids is 1. The number of rotatable bonds is 4. The molecule has 0 aliphatic carbocycles. The van der Waals surface area contributed by atoms with E-state index in [0.29, 0.717) is 12.2 Å². The summed E-state index contributed by atoms with van der Waals surface area (Å²) >= 11 is 1.69. The van der Waals surface area contributed by atoms with Crippen LogP contribution < -0.4 is 10.1 Å². The van der Waals surface area contributed by atoms with Gasteiger partial charge in [0.25, 0.3) is 0 Å². The summed E-state index contributed by atoms with van der Waals surface area (Å²) in [5.41, 5.74) is -0.0157. The summed E-state index contributed by atoms with van der Waals surface area (Å²) in [6.45, 7) is 0. The van der Waals surface area contributed by atoms with Crippen LogP contribution >= 0.6 is 11.8 Å². The summed E-state index contributed by atoms with van der Waals surface area (Å²) in [4.78, 5) is 11.5. The standard InChI is InChI=1S/C13H17NO3S/c1-17-11-5-3-10(4-6-11)14-13(12(15)16)7-2-8-18-9-13/h3-6,14H,2,7-9H2,1H3,(H,15,16). The number of aliphatic carboxylic acids is 1. The molecule has 1 atom stereocenters. The third-order valence-corrected chi connectivity index (χ3v) is 4.40. The van der Waals surface area contributed by atoms with Crippen molar-refractivity contribution >= 4 is 23.4 Å². The van der Waals surface area contributed by atoms with E-state index in [1.165, 1.54) is 0 Å². The summed E-state index contributed by atoms with van der Waals surface area (Å²) in [5, 5.41) is 12.6. The summed E-state index contributed by atoms with van der Waals surface area (Å²) in [7, 11) is 1.61. The van der Waals surface area contributed by atoms with Crippen molar-refractivity contribution in [1.29, 1.82) is 0 Å². The second-order valence-electron chi connectivity index (χ2n) is 4.40. The maximum atomic E-state index is 11.5. The lowest BCUT2D eigenvalue weighted by Crippen LogP contribution is -2.50. The average molecular weight is 267 g/mol. The van der Waals surface area contributed by atoms with Gasteiger partial charge in [-0.05, 0) is 42.9 Å². The maximum absolute atomic E-state index is 11.5.